The number of likely N-dealkylation sites (tertiary alicyclic amines) is 1. The monoisotopic (exact) mass is 338 g/mol. The van der Waals surface area contributed by atoms with Crippen LogP contribution in [0.15, 0.2) is 18.2 Å². The molecule has 1 aliphatic heterocycles. The fourth-order valence-electron chi connectivity index (χ4n) is 2.50. The Kier molecular flexibility index (Phi) is 5.50. The molecule has 0 aliphatic carbocycles. The number of rotatable bonds is 5. The van der Waals surface area contributed by atoms with Crippen molar-refractivity contribution in [2.45, 2.75) is 6.42 Å². The summed E-state index contributed by atoms with van der Waals surface area (Å²) >= 11 is 6.12. The van der Waals surface area contributed by atoms with Crippen molar-refractivity contribution in [2.75, 3.05) is 27.3 Å². The van der Waals surface area contributed by atoms with Gasteiger partial charge in [-0.2, -0.15) is 0 Å². The number of methoxy groups -OCH3 is 2. The quantitative estimate of drug-likeness (QED) is 0.828. The van der Waals surface area contributed by atoms with E-state index in [0.29, 0.717) is 41.6 Å². The first-order valence-corrected chi connectivity index (χ1v) is 7.52. The van der Waals surface area contributed by atoms with Crippen molar-refractivity contribution < 1.29 is 19.1 Å². The van der Waals surface area contributed by atoms with E-state index in [1.165, 1.54) is 20.3 Å². The summed E-state index contributed by atoms with van der Waals surface area (Å²) in [6.07, 6.45) is 3.70. The van der Waals surface area contributed by atoms with Crippen LogP contribution in [0.1, 0.15) is 12.0 Å². The first-order chi connectivity index (χ1) is 11.0. The van der Waals surface area contributed by atoms with Crippen molar-refractivity contribution in [1.29, 1.82) is 0 Å². The molecular weight excluding hydrogens is 320 g/mol. The molecule has 7 heteroatoms. The van der Waals surface area contributed by atoms with Gasteiger partial charge >= 0.3 is 0 Å². The maximum absolute atomic E-state index is 12.1. The number of nitrogens with two attached hydrogens (primary N) is 1. The molecule has 1 aromatic carbocycles. The average molecular weight is 339 g/mol. The Morgan fingerprint density at radius 3 is 2.65 bits per heavy atom. The molecule has 6 nitrogen and oxygen atoms in total. The van der Waals surface area contributed by atoms with Gasteiger partial charge in [-0.05, 0) is 30.2 Å². The lowest BCUT2D eigenvalue weighted by Gasteiger charge is -2.13. The zero-order valence-electron chi connectivity index (χ0n) is 13.0. The minimum absolute atomic E-state index is 0.167. The summed E-state index contributed by atoms with van der Waals surface area (Å²) in [7, 11) is 3.02. The molecule has 0 spiro atoms. The van der Waals surface area contributed by atoms with Crippen molar-refractivity contribution in [3.8, 4) is 11.5 Å². The summed E-state index contributed by atoms with van der Waals surface area (Å²) in [5.41, 5.74) is 5.98. The van der Waals surface area contributed by atoms with Crippen LogP contribution < -0.4 is 15.2 Å². The molecule has 0 bridgehead atoms. The van der Waals surface area contributed by atoms with E-state index in [1.54, 1.807) is 23.1 Å². The normalized spacial score (nSPS) is 17.5. The molecule has 23 heavy (non-hydrogen) atoms. The highest BCUT2D eigenvalue weighted by Gasteiger charge is 2.28. The lowest BCUT2D eigenvalue weighted by atomic mass is 10.1. The van der Waals surface area contributed by atoms with E-state index in [4.69, 9.17) is 26.8 Å². The minimum atomic E-state index is -0.365. The molecule has 0 aromatic heterocycles. The number of benzene rings is 1. The van der Waals surface area contributed by atoms with Gasteiger partial charge in [0.25, 0.3) is 0 Å². The number of carbonyl (C=O) groups is 2. The van der Waals surface area contributed by atoms with Crippen LogP contribution >= 0.6 is 11.6 Å². The fourth-order valence-corrected chi connectivity index (χ4v) is 2.80. The highest BCUT2D eigenvalue weighted by Crippen LogP contribution is 2.36. The van der Waals surface area contributed by atoms with Crippen LogP contribution in [0.25, 0.3) is 6.08 Å². The zero-order chi connectivity index (χ0) is 17.0. The number of ether oxygens (including phenoxy) is 2. The number of carbonyl (C=O) groups excluding carboxylic acids is 2. The van der Waals surface area contributed by atoms with Crippen molar-refractivity contribution in [3.05, 3.63) is 28.8 Å². The molecule has 0 saturated carbocycles. The maximum Gasteiger partial charge on any atom is 0.246 e. The third kappa shape index (κ3) is 3.96. The summed E-state index contributed by atoms with van der Waals surface area (Å²) in [5.74, 6) is 0.141. The Hall–Kier alpha value is -2.21. The van der Waals surface area contributed by atoms with Gasteiger partial charge in [-0.15, -0.1) is 0 Å². The topological polar surface area (TPSA) is 81.9 Å². The molecular formula is C16H19ClN2O4. The largest absolute Gasteiger partial charge is 0.493 e. The number of nitrogens with zero attached hydrogens (tertiary/aromatic N) is 1. The van der Waals surface area contributed by atoms with E-state index >= 15 is 0 Å². The van der Waals surface area contributed by atoms with Crippen molar-refractivity contribution in [1.82, 2.24) is 4.90 Å². The van der Waals surface area contributed by atoms with Crippen LogP contribution in [-0.2, 0) is 9.59 Å². The molecule has 2 N–H and O–H groups in total. The fraction of sp³-hybridized carbons (Fsp3) is 0.375. The van der Waals surface area contributed by atoms with Gasteiger partial charge in [-0.25, -0.2) is 0 Å². The second-order valence-electron chi connectivity index (χ2n) is 5.24. The molecule has 2 rings (SSSR count). The van der Waals surface area contributed by atoms with E-state index in [0.717, 1.165) is 0 Å². The molecule has 1 atom stereocenters. The van der Waals surface area contributed by atoms with Gasteiger partial charge in [-0.1, -0.05) is 11.6 Å². The van der Waals surface area contributed by atoms with Gasteiger partial charge in [0.2, 0.25) is 11.8 Å². The van der Waals surface area contributed by atoms with Crippen molar-refractivity contribution in [3.63, 3.8) is 0 Å². The van der Waals surface area contributed by atoms with E-state index in [-0.39, 0.29) is 17.7 Å². The Morgan fingerprint density at radius 2 is 2.09 bits per heavy atom. The van der Waals surface area contributed by atoms with Gasteiger partial charge in [-0.3, -0.25) is 9.59 Å². The molecule has 1 fully saturated rings. The Balaban J connectivity index is 2.10. The van der Waals surface area contributed by atoms with Crippen LogP contribution in [0.4, 0.5) is 0 Å². The van der Waals surface area contributed by atoms with Crippen LogP contribution in [0.5, 0.6) is 11.5 Å². The summed E-state index contributed by atoms with van der Waals surface area (Å²) in [4.78, 5) is 24.9. The van der Waals surface area contributed by atoms with Crippen LogP contribution in [-0.4, -0.2) is 44.0 Å². The second-order valence-corrected chi connectivity index (χ2v) is 5.65. The molecule has 1 saturated heterocycles. The molecule has 0 radical (unpaired) electrons. The maximum atomic E-state index is 12.1. The first-order valence-electron chi connectivity index (χ1n) is 7.14. The summed E-state index contributed by atoms with van der Waals surface area (Å²) in [5, 5.41) is 0.397. The average Bonchev–Trinajstić information content (AvgIpc) is 3.02. The SMILES string of the molecule is COc1cc(/C=C/C(=O)N2CC[C@H](C(N)=O)C2)cc(Cl)c1OC. The minimum Gasteiger partial charge on any atom is -0.493 e. The molecule has 1 aliphatic rings. The standard InChI is InChI=1S/C16H19ClN2O4/c1-22-13-8-10(7-12(17)15(13)23-2)3-4-14(20)19-6-5-11(9-19)16(18)21/h3-4,7-8,11H,5-6,9H2,1-2H3,(H2,18,21)/b4-3+/t11-/m0/s1. The third-order valence-electron chi connectivity index (χ3n) is 3.78. The zero-order valence-corrected chi connectivity index (χ0v) is 13.8. The molecule has 2 amide bonds. The Morgan fingerprint density at radius 1 is 1.35 bits per heavy atom. The smallest absolute Gasteiger partial charge is 0.246 e. The third-order valence-corrected chi connectivity index (χ3v) is 4.06. The number of primary amides is 1. The Bertz CT molecular complexity index is 645. The summed E-state index contributed by atoms with van der Waals surface area (Å²) < 4.78 is 10.4. The van der Waals surface area contributed by atoms with E-state index in [9.17, 15) is 9.59 Å². The number of hydrogen-bond donors (Lipinski definition) is 1. The van der Waals surface area contributed by atoms with E-state index < -0.39 is 0 Å². The predicted molar refractivity (Wildman–Crippen MR) is 87.5 cm³/mol. The van der Waals surface area contributed by atoms with Crippen LogP contribution in [0.2, 0.25) is 5.02 Å². The Labute approximate surface area is 139 Å². The summed E-state index contributed by atoms with van der Waals surface area (Å²) in [6, 6.07) is 3.41. The molecule has 0 unspecified atom stereocenters. The van der Waals surface area contributed by atoms with E-state index in [2.05, 4.69) is 0 Å². The molecule has 1 aromatic rings. The highest BCUT2D eigenvalue weighted by molar-refractivity contribution is 6.32. The lowest BCUT2D eigenvalue weighted by molar-refractivity contribution is -0.125. The van der Waals surface area contributed by atoms with E-state index in [1.807, 2.05) is 0 Å². The van der Waals surface area contributed by atoms with Gasteiger partial charge in [0.05, 0.1) is 25.2 Å². The van der Waals surface area contributed by atoms with Crippen molar-refractivity contribution in [2.24, 2.45) is 11.7 Å². The second kappa shape index (κ2) is 7.37. The van der Waals surface area contributed by atoms with Gasteiger partial charge in [0.15, 0.2) is 11.5 Å². The van der Waals surface area contributed by atoms with Gasteiger partial charge in [0, 0.05) is 19.2 Å². The molecule has 124 valence electrons. The molecule has 1 heterocycles. The van der Waals surface area contributed by atoms with Crippen molar-refractivity contribution >= 4 is 29.5 Å². The number of hydrogen-bond acceptors (Lipinski definition) is 4. The number of halogens is 1. The summed E-state index contributed by atoms with van der Waals surface area (Å²) in [6.45, 7) is 0.897. The first kappa shape index (κ1) is 17.1. The predicted octanol–water partition coefficient (Wildman–Crippen LogP) is 1.70. The van der Waals surface area contributed by atoms with Crippen LogP contribution in [0, 0.1) is 5.92 Å². The van der Waals surface area contributed by atoms with Gasteiger partial charge in [0.1, 0.15) is 0 Å². The number of amides is 2. The van der Waals surface area contributed by atoms with Crippen LogP contribution in [0.3, 0.4) is 0 Å². The highest BCUT2D eigenvalue weighted by atomic mass is 35.5. The lowest BCUT2D eigenvalue weighted by Crippen LogP contribution is -2.30. The van der Waals surface area contributed by atoms with Gasteiger partial charge < -0.3 is 20.1 Å².